The van der Waals surface area contributed by atoms with Gasteiger partial charge in [-0.2, -0.15) is 0 Å². The zero-order chi connectivity index (χ0) is 14.8. The lowest BCUT2D eigenvalue weighted by Crippen LogP contribution is -2.49. The van der Waals surface area contributed by atoms with E-state index < -0.39 is 0 Å². The molecule has 0 amide bonds. The molecule has 0 aromatic rings. The smallest absolute Gasteiger partial charge is 0.0577 e. The molecule has 2 saturated carbocycles. The van der Waals surface area contributed by atoms with Crippen molar-refractivity contribution in [2.75, 3.05) is 0 Å². The maximum Gasteiger partial charge on any atom is 0.0577 e. The van der Waals surface area contributed by atoms with Crippen LogP contribution in [0.2, 0.25) is 0 Å². The summed E-state index contributed by atoms with van der Waals surface area (Å²) in [4.78, 5) is 0. The van der Waals surface area contributed by atoms with E-state index >= 15 is 0 Å². The second-order valence-electron chi connectivity index (χ2n) is 8.40. The zero-order valence-electron chi connectivity index (χ0n) is 13.2. The largest absolute Gasteiger partial charge is 0.393 e. The van der Waals surface area contributed by atoms with Crippen LogP contribution in [0.1, 0.15) is 58.8 Å². The molecule has 0 spiro atoms. The Bertz CT molecular complexity index is 522. The van der Waals surface area contributed by atoms with Gasteiger partial charge in [-0.1, -0.05) is 43.2 Å². The average Bonchev–Trinajstić information content (AvgIpc) is 2.76. The fourth-order valence-corrected chi connectivity index (χ4v) is 6.48. The third-order valence-corrected chi connectivity index (χ3v) is 8.15. The predicted octanol–water partition coefficient (Wildman–Crippen LogP) is 5.04. The Balaban J connectivity index is 1.68. The highest BCUT2D eigenvalue weighted by Gasteiger charge is 2.56. The molecule has 0 heterocycles. The lowest BCUT2D eigenvalue weighted by molar-refractivity contribution is -0.0275. The van der Waals surface area contributed by atoms with Gasteiger partial charge in [0.15, 0.2) is 0 Å². The van der Waals surface area contributed by atoms with Crippen molar-refractivity contribution in [1.82, 2.24) is 0 Å². The molecule has 0 aromatic carbocycles. The van der Waals surface area contributed by atoms with Crippen molar-refractivity contribution in [3.63, 3.8) is 0 Å². The van der Waals surface area contributed by atoms with Gasteiger partial charge in [-0.3, -0.25) is 0 Å². The van der Waals surface area contributed by atoms with Crippen LogP contribution in [0.3, 0.4) is 0 Å². The molecular formula is C19H27ClO. The number of hydrogen-bond donors (Lipinski definition) is 1. The van der Waals surface area contributed by atoms with E-state index in [1.807, 2.05) is 0 Å². The normalized spacial score (nSPS) is 52.4. The summed E-state index contributed by atoms with van der Waals surface area (Å²) in [6.45, 7) is 4.88. The molecule has 0 aromatic heterocycles. The topological polar surface area (TPSA) is 20.2 Å². The second-order valence-corrected chi connectivity index (χ2v) is 8.81. The average molecular weight is 307 g/mol. The fraction of sp³-hybridized carbons (Fsp3) is 0.789. The molecule has 6 atom stereocenters. The third kappa shape index (κ3) is 1.86. The fourth-order valence-electron chi connectivity index (χ4n) is 6.16. The first-order valence-corrected chi connectivity index (χ1v) is 9.06. The standard InChI is InChI=1S/C19H27ClO/c1-18-9-7-13(21)11-12(18)3-4-14-15-5-6-17(20)19(15,2)10-8-16(14)18/h3,6,13-16,21H,4-5,7-11H2,1-2H3. The third-order valence-electron chi connectivity index (χ3n) is 7.56. The first-order valence-electron chi connectivity index (χ1n) is 8.69. The van der Waals surface area contributed by atoms with Crippen LogP contribution in [0, 0.1) is 28.6 Å². The molecule has 116 valence electrons. The lowest BCUT2D eigenvalue weighted by atomic mass is 9.48. The van der Waals surface area contributed by atoms with Crippen molar-refractivity contribution in [1.29, 1.82) is 0 Å². The van der Waals surface area contributed by atoms with Crippen molar-refractivity contribution in [2.24, 2.45) is 28.6 Å². The van der Waals surface area contributed by atoms with Crippen LogP contribution in [0.15, 0.2) is 22.8 Å². The number of hydrogen-bond acceptors (Lipinski definition) is 1. The van der Waals surface area contributed by atoms with Crippen LogP contribution in [0.25, 0.3) is 0 Å². The number of aliphatic hydroxyl groups excluding tert-OH is 1. The van der Waals surface area contributed by atoms with Crippen LogP contribution in [0.5, 0.6) is 0 Å². The molecule has 1 nitrogen and oxygen atoms in total. The molecule has 0 aliphatic heterocycles. The predicted molar refractivity (Wildman–Crippen MR) is 87.0 cm³/mol. The van der Waals surface area contributed by atoms with Crippen LogP contribution in [-0.2, 0) is 0 Å². The van der Waals surface area contributed by atoms with Gasteiger partial charge in [-0.05, 0) is 68.1 Å². The summed E-state index contributed by atoms with van der Waals surface area (Å²) < 4.78 is 0. The van der Waals surface area contributed by atoms with E-state index in [0.717, 1.165) is 35.6 Å². The minimum Gasteiger partial charge on any atom is -0.393 e. The molecule has 0 radical (unpaired) electrons. The van der Waals surface area contributed by atoms with E-state index in [0.29, 0.717) is 5.41 Å². The highest BCUT2D eigenvalue weighted by molar-refractivity contribution is 6.30. The highest BCUT2D eigenvalue weighted by atomic mass is 35.5. The number of aliphatic hydroxyl groups is 1. The summed E-state index contributed by atoms with van der Waals surface area (Å²) in [6.07, 6.45) is 12.7. The minimum absolute atomic E-state index is 0.0997. The molecule has 0 saturated heterocycles. The van der Waals surface area contributed by atoms with Gasteiger partial charge >= 0.3 is 0 Å². The molecule has 4 aliphatic rings. The minimum atomic E-state index is -0.0997. The van der Waals surface area contributed by atoms with Crippen LogP contribution in [0.4, 0.5) is 0 Å². The summed E-state index contributed by atoms with van der Waals surface area (Å²) >= 11 is 6.56. The summed E-state index contributed by atoms with van der Waals surface area (Å²) in [5.41, 5.74) is 2.15. The van der Waals surface area contributed by atoms with Crippen molar-refractivity contribution in [2.45, 2.75) is 64.9 Å². The number of halogens is 1. The summed E-state index contributed by atoms with van der Waals surface area (Å²) in [5.74, 6) is 2.34. The summed E-state index contributed by atoms with van der Waals surface area (Å²) in [7, 11) is 0. The lowest BCUT2D eigenvalue weighted by Gasteiger charge is -2.57. The molecule has 4 aliphatic carbocycles. The van der Waals surface area contributed by atoms with E-state index in [1.54, 1.807) is 5.57 Å². The van der Waals surface area contributed by atoms with E-state index in [-0.39, 0.29) is 11.5 Å². The van der Waals surface area contributed by atoms with Gasteiger partial charge in [0.05, 0.1) is 6.10 Å². The van der Waals surface area contributed by atoms with Crippen molar-refractivity contribution in [3.05, 3.63) is 22.8 Å². The SMILES string of the molecule is CC12CCC3C(CC=C4CC(O)CCC43C)C1CC=C2Cl. The first kappa shape index (κ1) is 14.3. The van der Waals surface area contributed by atoms with Gasteiger partial charge in [0.25, 0.3) is 0 Å². The number of allylic oxidation sites excluding steroid dienone is 3. The summed E-state index contributed by atoms with van der Waals surface area (Å²) in [5, 5.41) is 11.1. The van der Waals surface area contributed by atoms with E-state index in [2.05, 4.69) is 26.0 Å². The van der Waals surface area contributed by atoms with E-state index in [1.165, 1.54) is 32.1 Å². The Kier molecular flexibility index (Phi) is 3.15. The second kappa shape index (κ2) is 4.61. The van der Waals surface area contributed by atoms with E-state index in [4.69, 9.17) is 11.6 Å². The van der Waals surface area contributed by atoms with Gasteiger partial charge in [0.2, 0.25) is 0 Å². The Morgan fingerprint density at radius 2 is 1.81 bits per heavy atom. The number of rotatable bonds is 0. The van der Waals surface area contributed by atoms with Gasteiger partial charge in [-0.15, -0.1) is 0 Å². The maximum atomic E-state index is 10.0. The van der Waals surface area contributed by atoms with Crippen LogP contribution < -0.4 is 0 Å². The monoisotopic (exact) mass is 306 g/mol. The molecule has 1 N–H and O–H groups in total. The Morgan fingerprint density at radius 1 is 1.05 bits per heavy atom. The van der Waals surface area contributed by atoms with Crippen LogP contribution >= 0.6 is 11.6 Å². The Labute approximate surface area is 133 Å². The zero-order valence-corrected chi connectivity index (χ0v) is 14.0. The molecule has 21 heavy (non-hydrogen) atoms. The molecule has 2 heteroatoms. The van der Waals surface area contributed by atoms with Gasteiger partial charge in [-0.25, -0.2) is 0 Å². The molecule has 4 rings (SSSR count). The molecule has 0 bridgehead atoms. The Hall–Kier alpha value is -0.270. The number of fused-ring (bicyclic) bond motifs is 5. The van der Waals surface area contributed by atoms with Gasteiger partial charge in [0, 0.05) is 10.4 Å². The highest BCUT2D eigenvalue weighted by Crippen LogP contribution is 2.65. The van der Waals surface area contributed by atoms with Crippen molar-refractivity contribution < 1.29 is 5.11 Å². The molecule has 6 unspecified atom stereocenters. The molecular weight excluding hydrogens is 280 g/mol. The molecule has 2 fully saturated rings. The Morgan fingerprint density at radius 3 is 2.62 bits per heavy atom. The quantitative estimate of drug-likeness (QED) is 0.621. The summed E-state index contributed by atoms with van der Waals surface area (Å²) in [6, 6.07) is 0. The van der Waals surface area contributed by atoms with Crippen molar-refractivity contribution >= 4 is 11.6 Å². The van der Waals surface area contributed by atoms with Crippen LogP contribution in [-0.4, -0.2) is 11.2 Å². The van der Waals surface area contributed by atoms with Gasteiger partial charge in [0.1, 0.15) is 0 Å². The first-order chi connectivity index (χ1) is 9.95. The maximum absolute atomic E-state index is 10.0. The van der Waals surface area contributed by atoms with E-state index in [9.17, 15) is 5.11 Å². The van der Waals surface area contributed by atoms with Crippen molar-refractivity contribution in [3.8, 4) is 0 Å². The van der Waals surface area contributed by atoms with Gasteiger partial charge < -0.3 is 5.11 Å².